The summed E-state index contributed by atoms with van der Waals surface area (Å²) in [7, 11) is 0. The van der Waals surface area contributed by atoms with Crippen LogP contribution >= 0.6 is 0 Å². The van der Waals surface area contributed by atoms with Crippen LogP contribution in [0.5, 0.6) is 0 Å². The van der Waals surface area contributed by atoms with Crippen LogP contribution in [-0.4, -0.2) is 49.6 Å². The van der Waals surface area contributed by atoms with Crippen molar-refractivity contribution >= 4 is 17.9 Å². The molecule has 1 aliphatic heterocycles. The van der Waals surface area contributed by atoms with Gasteiger partial charge in [-0.1, -0.05) is 84.0 Å². The Morgan fingerprint density at radius 2 is 1.70 bits per heavy atom. The standard InChI is InChI=1S/C36H33N5O3/c1-26-22-32(39-44-26)17-18-35(42)41(24-28-13-15-30(16-14-28)33-12-7-20-37-38-33)34(23-27-8-3-2-4-9-27)36(43)40-21-19-29-10-5-6-11-31(29)25-40/h2-18,20,22,34H,19,21,23-25H2,1H3. The first-order chi connectivity index (χ1) is 21.5. The zero-order valence-electron chi connectivity index (χ0n) is 24.5. The normalized spacial score (nSPS) is 13.4. The first-order valence-electron chi connectivity index (χ1n) is 14.7. The van der Waals surface area contributed by atoms with Crippen LogP contribution in [0.4, 0.5) is 0 Å². The Hall–Kier alpha value is -5.37. The molecule has 44 heavy (non-hydrogen) atoms. The lowest BCUT2D eigenvalue weighted by atomic mass is 9.97. The molecule has 0 N–H and O–H groups in total. The summed E-state index contributed by atoms with van der Waals surface area (Å²) in [5, 5.41) is 12.2. The maximum atomic E-state index is 14.4. The number of aromatic nitrogens is 3. The molecule has 3 heterocycles. The molecular weight excluding hydrogens is 550 g/mol. The average molecular weight is 584 g/mol. The lowest BCUT2D eigenvalue weighted by molar-refractivity contribution is -0.144. The van der Waals surface area contributed by atoms with E-state index in [4.69, 9.17) is 4.52 Å². The lowest BCUT2D eigenvalue weighted by Crippen LogP contribution is -2.52. The van der Waals surface area contributed by atoms with E-state index in [1.807, 2.05) is 83.8 Å². The van der Waals surface area contributed by atoms with Crippen molar-refractivity contribution in [2.24, 2.45) is 0 Å². The molecule has 0 saturated carbocycles. The highest BCUT2D eigenvalue weighted by molar-refractivity contribution is 5.95. The molecule has 0 saturated heterocycles. The molecule has 0 radical (unpaired) electrons. The lowest BCUT2D eigenvalue weighted by Gasteiger charge is -2.36. The highest BCUT2D eigenvalue weighted by atomic mass is 16.5. The molecule has 0 fully saturated rings. The van der Waals surface area contributed by atoms with Gasteiger partial charge in [-0.25, -0.2) is 0 Å². The van der Waals surface area contributed by atoms with Gasteiger partial charge in [0.25, 0.3) is 0 Å². The number of fused-ring (bicyclic) bond motifs is 1. The number of hydrogen-bond acceptors (Lipinski definition) is 6. The predicted octanol–water partition coefficient (Wildman–Crippen LogP) is 5.68. The number of carbonyl (C=O) groups excluding carboxylic acids is 2. The Labute approximate surface area is 256 Å². The molecule has 220 valence electrons. The third-order valence-corrected chi connectivity index (χ3v) is 7.88. The van der Waals surface area contributed by atoms with Crippen molar-refractivity contribution in [2.75, 3.05) is 6.54 Å². The SMILES string of the molecule is Cc1cc(C=CC(=O)N(Cc2ccc(-c3cccnn3)cc2)C(Cc2ccccc2)C(=O)N2CCc3ccccc3C2)no1. The van der Waals surface area contributed by atoms with Gasteiger partial charge in [0.15, 0.2) is 0 Å². The fourth-order valence-corrected chi connectivity index (χ4v) is 5.55. The van der Waals surface area contributed by atoms with Crippen LogP contribution in [-0.2, 0) is 35.5 Å². The number of benzene rings is 3. The summed E-state index contributed by atoms with van der Waals surface area (Å²) in [5.74, 6) is 0.300. The Morgan fingerprint density at radius 1 is 0.932 bits per heavy atom. The zero-order valence-corrected chi connectivity index (χ0v) is 24.5. The Kier molecular flexibility index (Phi) is 8.68. The average Bonchev–Trinajstić information content (AvgIpc) is 3.50. The molecule has 1 atom stereocenters. The van der Waals surface area contributed by atoms with Gasteiger partial charge in [0.2, 0.25) is 11.8 Å². The molecule has 0 bridgehead atoms. The first kappa shape index (κ1) is 28.7. The molecule has 0 spiro atoms. The van der Waals surface area contributed by atoms with Crippen molar-refractivity contribution in [3.05, 3.63) is 143 Å². The Bertz CT molecular complexity index is 1750. The second kappa shape index (κ2) is 13.3. The molecule has 2 aromatic heterocycles. The van der Waals surface area contributed by atoms with Crippen LogP contribution in [0, 0.1) is 6.92 Å². The second-order valence-electron chi connectivity index (χ2n) is 11.0. The Morgan fingerprint density at radius 3 is 2.43 bits per heavy atom. The first-order valence-corrected chi connectivity index (χ1v) is 14.7. The van der Waals surface area contributed by atoms with Crippen molar-refractivity contribution in [2.45, 2.75) is 38.9 Å². The molecular formula is C36H33N5O3. The third kappa shape index (κ3) is 6.81. The van der Waals surface area contributed by atoms with Gasteiger partial charge in [0.05, 0.1) is 5.69 Å². The van der Waals surface area contributed by atoms with Crippen LogP contribution in [0.3, 0.4) is 0 Å². The minimum absolute atomic E-state index is 0.0708. The number of nitrogens with zero attached hydrogens (tertiary/aromatic N) is 5. The molecule has 0 aliphatic carbocycles. The van der Waals surface area contributed by atoms with Crippen LogP contribution in [0.15, 0.2) is 114 Å². The quantitative estimate of drug-likeness (QED) is 0.208. The monoisotopic (exact) mass is 583 g/mol. The van der Waals surface area contributed by atoms with Crippen LogP contribution in [0.1, 0.15) is 33.7 Å². The minimum Gasteiger partial charge on any atom is -0.361 e. The van der Waals surface area contributed by atoms with Gasteiger partial charge in [0.1, 0.15) is 17.5 Å². The van der Waals surface area contributed by atoms with Gasteiger partial charge in [0, 0.05) is 50.0 Å². The van der Waals surface area contributed by atoms with Crippen LogP contribution < -0.4 is 0 Å². The van der Waals surface area contributed by atoms with E-state index in [1.165, 1.54) is 11.6 Å². The van der Waals surface area contributed by atoms with E-state index in [1.54, 1.807) is 30.2 Å². The van der Waals surface area contributed by atoms with Gasteiger partial charge in [-0.3, -0.25) is 9.59 Å². The third-order valence-electron chi connectivity index (χ3n) is 7.88. The van der Waals surface area contributed by atoms with E-state index >= 15 is 0 Å². The molecule has 6 rings (SSSR count). The number of rotatable bonds is 9. The largest absolute Gasteiger partial charge is 0.361 e. The fourth-order valence-electron chi connectivity index (χ4n) is 5.55. The minimum atomic E-state index is -0.724. The molecule has 3 aromatic carbocycles. The molecule has 8 heteroatoms. The highest BCUT2D eigenvalue weighted by Crippen LogP contribution is 2.24. The van der Waals surface area contributed by atoms with Gasteiger partial charge in [-0.2, -0.15) is 10.2 Å². The maximum Gasteiger partial charge on any atom is 0.247 e. The van der Waals surface area contributed by atoms with E-state index in [2.05, 4.69) is 27.5 Å². The zero-order chi connectivity index (χ0) is 30.3. The summed E-state index contributed by atoms with van der Waals surface area (Å²) in [6.07, 6.45) is 5.91. The maximum absolute atomic E-state index is 14.4. The van der Waals surface area contributed by atoms with Crippen molar-refractivity contribution in [1.82, 2.24) is 25.2 Å². The summed E-state index contributed by atoms with van der Waals surface area (Å²) < 4.78 is 5.18. The molecule has 2 amide bonds. The summed E-state index contributed by atoms with van der Waals surface area (Å²) in [5.41, 5.74) is 6.51. The second-order valence-corrected chi connectivity index (χ2v) is 11.0. The van der Waals surface area contributed by atoms with Crippen molar-refractivity contribution in [3.8, 4) is 11.3 Å². The van der Waals surface area contributed by atoms with Gasteiger partial charge in [-0.15, -0.1) is 0 Å². The van der Waals surface area contributed by atoms with Crippen molar-refractivity contribution in [1.29, 1.82) is 0 Å². The summed E-state index contributed by atoms with van der Waals surface area (Å²) in [4.78, 5) is 32.0. The van der Waals surface area contributed by atoms with E-state index in [-0.39, 0.29) is 18.4 Å². The van der Waals surface area contributed by atoms with E-state index < -0.39 is 6.04 Å². The number of carbonyl (C=O) groups is 2. The summed E-state index contributed by atoms with van der Waals surface area (Å²) >= 11 is 0. The fraction of sp³-hybridized carbons (Fsp3) is 0.194. The van der Waals surface area contributed by atoms with Crippen LogP contribution in [0.25, 0.3) is 17.3 Å². The van der Waals surface area contributed by atoms with Gasteiger partial charge < -0.3 is 14.3 Å². The Balaban J connectivity index is 1.34. The van der Waals surface area contributed by atoms with Crippen LogP contribution in [0.2, 0.25) is 0 Å². The number of aryl methyl sites for hydroxylation is 1. The van der Waals surface area contributed by atoms with E-state index in [0.717, 1.165) is 34.4 Å². The number of hydrogen-bond donors (Lipinski definition) is 0. The van der Waals surface area contributed by atoms with Crippen molar-refractivity contribution in [3.63, 3.8) is 0 Å². The van der Waals surface area contributed by atoms with Gasteiger partial charge >= 0.3 is 0 Å². The molecule has 1 aliphatic rings. The smallest absolute Gasteiger partial charge is 0.247 e. The molecule has 8 nitrogen and oxygen atoms in total. The molecule has 5 aromatic rings. The van der Waals surface area contributed by atoms with E-state index in [9.17, 15) is 9.59 Å². The topological polar surface area (TPSA) is 92.4 Å². The van der Waals surface area contributed by atoms with Crippen molar-refractivity contribution < 1.29 is 14.1 Å². The summed E-state index contributed by atoms with van der Waals surface area (Å²) in [6.45, 7) is 3.16. The predicted molar refractivity (Wildman–Crippen MR) is 168 cm³/mol. The highest BCUT2D eigenvalue weighted by Gasteiger charge is 2.34. The molecule has 1 unspecified atom stereocenters. The number of amides is 2. The van der Waals surface area contributed by atoms with E-state index in [0.29, 0.717) is 31.0 Å². The summed E-state index contributed by atoms with van der Waals surface area (Å²) in [6, 6.07) is 30.7. The van der Waals surface area contributed by atoms with Gasteiger partial charge in [-0.05, 0) is 53.8 Å².